The molecule has 0 amide bonds. The van der Waals surface area contributed by atoms with E-state index in [1.165, 1.54) is 5.39 Å². The summed E-state index contributed by atoms with van der Waals surface area (Å²) in [5.74, 6) is 0.526. The molecule has 1 unspecified atom stereocenters. The Morgan fingerprint density at radius 2 is 1.84 bits per heavy atom. The Morgan fingerprint density at radius 1 is 1.11 bits per heavy atom. The molecule has 1 aliphatic heterocycles. The van der Waals surface area contributed by atoms with Crippen molar-refractivity contribution in [2.45, 2.75) is 20.3 Å². The Labute approximate surface area is 112 Å². The molecule has 2 nitrogen and oxygen atoms in total. The molecule has 0 saturated carbocycles. The summed E-state index contributed by atoms with van der Waals surface area (Å²) >= 11 is 0. The molecule has 0 fully saturated rings. The summed E-state index contributed by atoms with van der Waals surface area (Å²) in [5, 5.41) is 2.34. The summed E-state index contributed by atoms with van der Waals surface area (Å²) in [4.78, 5) is 11.9. The second-order valence-corrected chi connectivity index (χ2v) is 5.23. The van der Waals surface area contributed by atoms with Crippen LogP contribution in [0.25, 0.3) is 16.5 Å². The van der Waals surface area contributed by atoms with Crippen molar-refractivity contribution >= 4 is 22.5 Å². The van der Waals surface area contributed by atoms with Crippen molar-refractivity contribution in [3.63, 3.8) is 0 Å². The first-order chi connectivity index (χ1) is 9.12. The minimum atomic E-state index is -0.485. The highest BCUT2D eigenvalue weighted by molar-refractivity contribution is 5.93. The standard InChI is InChI=1S/C17H16O2/c1-3-17(2)11-15(19-16(17)18)14-9-8-12-6-4-5-7-13(12)10-14/h4-11H,3H2,1-2H3. The van der Waals surface area contributed by atoms with Crippen molar-refractivity contribution in [1.82, 2.24) is 0 Å². The number of carbonyl (C=O) groups excluding carboxylic acids is 1. The van der Waals surface area contributed by atoms with Gasteiger partial charge in [0.2, 0.25) is 0 Å². The largest absolute Gasteiger partial charge is 0.426 e. The summed E-state index contributed by atoms with van der Waals surface area (Å²) in [6, 6.07) is 14.3. The molecule has 2 heteroatoms. The summed E-state index contributed by atoms with van der Waals surface area (Å²) in [7, 11) is 0. The van der Waals surface area contributed by atoms with Gasteiger partial charge in [-0.3, -0.25) is 4.79 Å². The van der Waals surface area contributed by atoms with Crippen LogP contribution in [0.2, 0.25) is 0 Å². The van der Waals surface area contributed by atoms with Gasteiger partial charge in [-0.1, -0.05) is 43.3 Å². The van der Waals surface area contributed by atoms with Crippen LogP contribution in [0.3, 0.4) is 0 Å². The number of cyclic esters (lactones) is 1. The third-order valence-corrected chi connectivity index (χ3v) is 3.89. The van der Waals surface area contributed by atoms with Crippen LogP contribution in [0.15, 0.2) is 48.5 Å². The third-order valence-electron chi connectivity index (χ3n) is 3.89. The van der Waals surface area contributed by atoms with Crippen LogP contribution >= 0.6 is 0 Å². The Balaban J connectivity index is 2.06. The van der Waals surface area contributed by atoms with Gasteiger partial charge in [0.1, 0.15) is 5.76 Å². The van der Waals surface area contributed by atoms with E-state index in [4.69, 9.17) is 4.74 Å². The Morgan fingerprint density at radius 3 is 2.53 bits per heavy atom. The van der Waals surface area contributed by atoms with Gasteiger partial charge in [-0.05, 0) is 36.3 Å². The fraction of sp³-hybridized carbons (Fsp3) is 0.235. The van der Waals surface area contributed by atoms with Crippen molar-refractivity contribution in [3.8, 4) is 0 Å². The zero-order valence-corrected chi connectivity index (χ0v) is 11.1. The van der Waals surface area contributed by atoms with Gasteiger partial charge in [-0.15, -0.1) is 0 Å². The number of rotatable bonds is 2. The van der Waals surface area contributed by atoms with Gasteiger partial charge in [-0.2, -0.15) is 0 Å². The Bertz CT molecular complexity index is 684. The van der Waals surface area contributed by atoms with Gasteiger partial charge in [0.15, 0.2) is 0 Å². The summed E-state index contributed by atoms with van der Waals surface area (Å²) in [6.45, 7) is 3.92. The van der Waals surface area contributed by atoms with Crippen molar-refractivity contribution in [2.75, 3.05) is 0 Å². The molecule has 1 atom stereocenters. The molecule has 0 aromatic heterocycles. The molecule has 1 aliphatic rings. The Kier molecular flexibility index (Phi) is 2.67. The molecule has 0 saturated heterocycles. The zero-order chi connectivity index (χ0) is 13.5. The second kappa shape index (κ2) is 4.23. The van der Waals surface area contributed by atoms with E-state index in [0.717, 1.165) is 17.4 Å². The SMILES string of the molecule is CCC1(C)C=C(c2ccc3ccccc3c2)OC1=O. The third kappa shape index (κ3) is 1.93. The molecular weight excluding hydrogens is 236 g/mol. The molecular formula is C17H16O2. The fourth-order valence-corrected chi connectivity index (χ4v) is 2.33. The number of fused-ring (bicyclic) bond motifs is 1. The van der Waals surface area contributed by atoms with E-state index >= 15 is 0 Å². The van der Waals surface area contributed by atoms with Crippen LogP contribution in [-0.2, 0) is 9.53 Å². The van der Waals surface area contributed by atoms with Gasteiger partial charge in [0.05, 0.1) is 5.41 Å². The van der Waals surface area contributed by atoms with E-state index in [2.05, 4.69) is 24.3 Å². The molecule has 0 bridgehead atoms. The number of benzene rings is 2. The molecule has 96 valence electrons. The van der Waals surface area contributed by atoms with E-state index in [-0.39, 0.29) is 5.97 Å². The second-order valence-electron chi connectivity index (χ2n) is 5.23. The van der Waals surface area contributed by atoms with Crippen molar-refractivity contribution < 1.29 is 9.53 Å². The highest BCUT2D eigenvalue weighted by atomic mass is 16.5. The first kappa shape index (κ1) is 12.0. The number of hydrogen-bond acceptors (Lipinski definition) is 2. The fourth-order valence-electron chi connectivity index (χ4n) is 2.33. The summed E-state index contributed by atoms with van der Waals surface area (Å²) < 4.78 is 5.42. The molecule has 0 spiro atoms. The Hall–Kier alpha value is -2.09. The average molecular weight is 252 g/mol. The van der Waals surface area contributed by atoms with Crippen LogP contribution in [-0.4, -0.2) is 5.97 Å². The number of ether oxygens (including phenoxy) is 1. The predicted molar refractivity (Wildman–Crippen MR) is 76.4 cm³/mol. The highest BCUT2D eigenvalue weighted by Gasteiger charge is 2.38. The van der Waals surface area contributed by atoms with Gasteiger partial charge >= 0.3 is 5.97 Å². The van der Waals surface area contributed by atoms with Crippen molar-refractivity contribution in [2.24, 2.45) is 5.41 Å². The molecule has 3 rings (SSSR count). The van der Waals surface area contributed by atoms with Crippen LogP contribution in [0.5, 0.6) is 0 Å². The number of esters is 1. The lowest BCUT2D eigenvalue weighted by Crippen LogP contribution is -2.20. The van der Waals surface area contributed by atoms with Gasteiger partial charge in [0.25, 0.3) is 0 Å². The van der Waals surface area contributed by atoms with E-state index in [1.54, 1.807) is 0 Å². The quantitative estimate of drug-likeness (QED) is 0.750. The topological polar surface area (TPSA) is 26.3 Å². The van der Waals surface area contributed by atoms with E-state index in [9.17, 15) is 4.79 Å². The molecule has 0 aliphatic carbocycles. The maximum atomic E-state index is 11.9. The summed E-state index contributed by atoms with van der Waals surface area (Å²) in [6.07, 6.45) is 2.70. The van der Waals surface area contributed by atoms with Crippen LogP contribution < -0.4 is 0 Å². The van der Waals surface area contributed by atoms with E-state index in [0.29, 0.717) is 5.76 Å². The van der Waals surface area contributed by atoms with Crippen molar-refractivity contribution in [3.05, 3.63) is 54.1 Å². The van der Waals surface area contributed by atoms with Crippen molar-refractivity contribution in [1.29, 1.82) is 0 Å². The minimum Gasteiger partial charge on any atom is -0.426 e. The van der Waals surface area contributed by atoms with Gasteiger partial charge in [0, 0.05) is 5.56 Å². The summed E-state index contributed by atoms with van der Waals surface area (Å²) in [5.41, 5.74) is 0.477. The lowest BCUT2D eigenvalue weighted by Gasteiger charge is -2.12. The first-order valence-corrected chi connectivity index (χ1v) is 6.57. The highest BCUT2D eigenvalue weighted by Crippen LogP contribution is 2.38. The lowest BCUT2D eigenvalue weighted by atomic mass is 9.88. The van der Waals surface area contributed by atoms with E-state index in [1.807, 2.05) is 38.1 Å². The van der Waals surface area contributed by atoms with Crippen LogP contribution in [0.4, 0.5) is 0 Å². The van der Waals surface area contributed by atoms with E-state index < -0.39 is 5.41 Å². The predicted octanol–water partition coefficient (Wildman–Crippen LogP) is 4.15. The van der Waals surface area contributed by atoms with Gasteiger partial charge < -0.3 is 4.74 Å². The molecule has 19 heavy (non-hydrogen) atoms. The minimum absolute atomic E-state index is 0.154. The average Bonchev–Trinajstić information content (AvgIpc) is 2.75. The smallest absolute Gasteiger partial charge is 0.321 e. The number of hydrogen-bond donors (Lipinski definition) is 0. The molecule has 2 aromatic carbocycles. The molecule has 2 aromatic rings. The normalized spacial score (nSPS) is 22.4. The molecule has 0 N–H and O–H groups in total. The number of carbonyl (C=O) groups is 1. The first-order valence-electron chi connectivity index (χ1n) is 6.57. The molecule has 1 heterocycles. The van der Waals surface area contributed by atoms with Gasteiger partial charge in [-0.25, -0.2) is 0 Å². The van der Waals surface area contributed by atoms with Crippen LogP contribution in [0, 0.1) is 5.41 Å². The maximum Gasteiger partial charge on any atom is 0.321 e. The lowest BCUT2D eigenvalue weighted by molar-refractivity contribution is -0.142. The monoisotopic (exact) mass is 252 g/mol. The maximum absolute atomic E-state index is 11.9. The van der Waals surface area contributed by atoms with Crippen LogP contribution in [0.1, 0.15) is 25.8 Å². The zero-order valence-electron chi connectivity index (χ0n) is 11.1. The molecule has 0 radical (unpaired) electrons.